The van der Waals surface area contributed by atoms with Crippen LogP contribution in [-0.2, 0) is 6.42 Å². The molecule has 0 bridgehead atoms. The average molecular weight is 288 g/mol. The van der Waals surface area contributed by atoms with Crippen LogP contribution < -0.4 is 10.1 Å². The second-order valence-electron chi connectivity index (χ2n) is 6.89. The van der Waals surface area contributed by atoms with Crippen LogP contribution in [0, 0.1) is 11.8 Å². The minimum absolute atomic E-state index is 0.431. The highest BCUT2D eigenvalue weighted by molar-refractivity contribution is 5.42. The summed E-state index contributed by atoms with van der Waals surface area (Å²) in [6.45, 7) is 7.22. The van der Waals surface area contributed by atoms with Gasteiger partial charge in [0.1, 0.15) is 5.75 Å². The van der Waals surface area contributed by atoms with E-state index in [0.717, 1.165) is 24.0 Å². The van der Waals surface area contributed by atoms with Crippen molar-refractivity contribution in [2.45, 2.75) is 38.8 Å². The predicted octanol–water partition coefficient (Wildman–Crippen LogP) is 2.86. The third kappa shape index (κ3) is 2.69. The summed E-state index contributed by atoms with van der Waals surface area (Å²) in [6.07, 6.45) is 2.51. The lowest BCUT2D eigenvalue weighted by Crippen LogP contribution is -2.41. The first-order valence-corrected chi connectivity index (χ1v) is 8.22. The van der Waals surface area contributed by atoms with E-state index in [9.17, 15) is 0 Å². The molecule has 3 rings (SSSR count). The van der Waals surface area contributed by atoms with Gasteiger partial charge in [-0.2, -0.15) is 0 Å². The maximum absolute atomic E-state index is 5.40. The highest BCUT2D eigenvalue weighted by atomic mass is 16.5. The monoisotopic (exact) mass is 288 g/mol. The van der Waals surface area contributed by atoms with Gasteiger partial charge in [0.05, 0.1) is 7.11 Å². The summed E-state index contributed by atoms with van der Waals surface area (Å²) in [4.78, 5) is 2.71. The first-order chi connectivity index (χ1) is 10.1. The lowest BCUT2D eigenvalue weighted by Gasteiger charge is -2.30. The van der Waals surface area contributed by atoms with E-state index < -0.39 is 0 Å². The third-order valence-corrected chi connectivity index (χ3v) is 5.48. The number of nitrogens with one attached hydrogen (secondary N) is 1. The Kier molecular flexibility index (Phi) is 4.23. The Balaban J connectivity index is 1.79. The Morgan fingerprint density at radius 3 is 2.76 bits per heavy atom. The Bertz CT molecular complexity index is 500. The van der Waals surface area contributed by atoms with Gasteiger partial charge in [-0.3, -0.25) is 4.90 Å². The van der Waals surface area contributed by atoms with E-state index in [-0.39, 0.29) is 0 Å². The molecule has 0 aromatic heterocycles. The van der Waals surface area contributed by atoms with E-state index >= 15 is 0 Å². The van der Waals surface area contributed by atoms with E-state index in [1.807, 2.05) is 0 Å². The molecule has 1 fully saturated rings. The molecule has 3 nitrogen and oxygen atoms in total. The van der Waals surface area contributed by atoms with Crippen molar-refractivity contribution in [3.63, 3.8) is 0 Å². The Morgan fingerprint density at radius 2 is 2.14 bits per heavy atom. The molecule has 1 heterocycles. The van der Waals surface area contributed by atoms with Crippen LogP contribution in [0.3, 0.4) is 0 Å². The van der Waals surface area contributed by atoms with Crippen LogP contribution in [0.2, 0.25) is 0 Å². The van der Waals surface area contributed by atoms with Gasteiger partial charge in [0.25, 0.3) is 0 Å². The summed E-state index contributed by atoms with van der Waals surface area (Å²) < 4.78 is 5.40. The molecule has 21 heavy (non-hydrogen) atoms. The fourth-order valence-corrected chi connectivity index (χ4v) is 4.07. The summed E-state index contributed by atoms with van der Waals surface area (Å²) >= 11 is 0. The topological polar surface area (TPSA) is 24.5 Å². The molecular weight excluding hydrogens is 260 g/mol. The first kappa shape index (κ1) is 14.9. The summed E-state index contributed by atoms with van der Waals surface area (Å²) in [5, 5.41) is 3.55. The number of methoxy groups -OCH3 is 1. The molecule has 0 saturated carbocycles. The van der Waals surface area contributed by atoms with Gasteiger partial charge in [0, 0.05) is 18.6 Å². The molecule has 1 aromatic rings. The number of fused-ring (bicyclic) bond motifs is 1. The van der Waals surface area contributed by atoms with Gasteiger partial charge in [-0.05, 0) is 61.5 Å². The van der Waals surface area contributed by atoms with Crippen molar-refractivity contribution < 1.29 is 4.74 Å². The van der Waals surface area contributed by atoms with E-state index in [1.54, 1.807) is 7.11 Å². The van der Waals surface area contributed by atoms with Crippen molar-refractivity contribution in [3.05, 3.63) is 29.3 Å². The van der Waals surface area contributed by atoms with Crippen molar-refractivity contribution in [1.29, 1.82) is 0 Å². The van der Waals surface area contributed by atoms with Crippen molar-refractivity contribution >= 4 is 0 Å². The summed E-state index contributed by atoms with van der Waals surface area (Å²) in [7, 11) is 3.83. The molecule has 1 aliphatic carbocycles. The lowest BCUT2D eigenvalue weighted by atomic mass is 9.95. The van der Waals surface area contributed by atoms with Crippen molar-refractivity contribution in [2.24, 2.45) is 11.8 Å². The minimum atomic E-state index is 0.431. The van der Waals surface area contributed by atoms with Gasteiger partial charge in [-0.15, -0.1) is 0 Å². The van der Waals surface area contributed by atoms with Gasteiger partial charge in [-0.25, -0.2) is 0 Å². The molecule has 1 N–H and O–H groups in total. The third-order valence-electron chi connectivity index (χ3n) is 5.48. The minimum Gasteiger partial charge on any atom is -0.497 e. The van der Waals surface area contributed by atoms with E-state index in [0.29, 0.717) is 12.1 Å². The molecule has 2 aliphatic rings. The van der Waals surface area contributed by atoms with Crippen LogP contribution in [-0.4, -0.2) is 38.2 Å². The first-order valence-electron chi connectivity index (χ1n) is 8.22. The molecule has 0 amide bonds. The predicted molar refractivity (Wildman–Crippen MR) is 86.8 cm³/mol. The highest BCUT2D eigenvalue weighted by Gasteiger charge is 2.39. The number of likely N-dealkylation sites (tertiary alicyclic amines) is 1. The smallest absolute Gasteiger partial charge is 0.119 e. The van der Waals surface area contributed by atoms with Crippen molar-refractivity contribution in [3.8, 4) is 5.75 Å². The SMILES string of the molecule is CNC1c2cc(OC)ccc2CC1N1CCC(C(C)C)C1. The molecule has 0 spiro atoms. The van der Waals surface area contributed by atoms with Crippen molar-refractivity contribution in [1.82, 2.24) is 10.2 Å². The van der Waals surface area contributed by atoms with Crippen LogP contribution in [0.15, 0.2) is 18.2 Å². The maximum atomic E-state index is 5.40. The van der Waals surface area contributed by atoms with Crippen LogP contribution >= 0.6 is 0 Å². The number of rotatable bonds is 4. The Labute approximate surface area is 128 Å². The second kappa shape index (κ2) is 5.98. The largest absolute Gasteiger partial charge is 0.497 e. The highest BCUT2D eigenvalue weighted by Crippen LogP contribution is 2.39. The van der Waals surface area contributed by atoms with Gasteiger partial charge >= 0.3 is 0 Å². The molecule has 3 heteroatoms. The van der Waals surface area contributed by atoms with Crippen LogP contribution in [0.4, 0.5) is 0 Å². The maximum Gasteiger partial charge on any atom is 0.119 e. The number of hydrogen-bond acceptors (Lipinski definition) is 3. The summed E-state index contributed by atoms with van der Waals surface area (Å²) in [5.41, 5.74) is 2.91. The molecule has 0 radical (unpaired) electrons. The Hall–Kier alpha value is -1.06. The standard InChI is InChI=1S/C18H28N2O/c1-12(2)14-7-8-20(11-14)17-9-13-5-6-15(21-4)10-16(13)18(17)19-3/h5-6,10,12,14,17-19H,7-9,11H2,1-4H3. The van der Waals surface area contributed by atoms with E-state index in [1.165, 1.54) is 30.6 Å². The van der Waals surface area contributed by atoms with E-state index in [2.05, 4.69) is 49.3 Å². The second-order valence-corrected chi connectivity index (χ2v) is 6.89. The number of hydrogen-bond donors (Lipinski definition) is 1. The number of ether oxygens (including phenoxy) is 1. The van der Waals surface area contributed by atoms with E-state index in [4.69, 9.17) is 4.74 Å². The zero-order valence-corrected chi connectivity index (χ0v) is 13.7. The zero-order valence-electron chi connectivity index (χ0n) is 13.7. The fourth-order valence-electron chi connectivity index (χ4n) is 4.07. The molecule has 1 saturated heterocycles. The quantitative estimate of drug-likeness (QED) is 0.922. The van der Waals surface area contributed by atoms with Crippen LogP contribution in [0.1, 0.15) is 37.4 Å². The average Bonchev–Trinajstić information content (AvgIpc) is 3.10. The summed E-state index contributed by atoms with van der Waals surface area (Å²) in [5.74, 6) is 2.63. The van der Waals surface area contributed by atoms with Gasteiger partial charge in [0.2, 0.25) is 0 Å². The molecule has 116 valence electrons. The number of nitrogens with zero attached hydrogens (tertiary/aromatic N) is 1. The normalized spacial score (nSPS) is 29.1. The fraction of sp³-hybridized carbons (Fsp3) is 0.667. The zero-order chi connectivity index (χ0) is 15.0. The van der Waals surface area contributed by atoms with Gasteiger partial charge < -0.3 is 10.1 Å². The number of likely N-dealkylation sites (N-methyl/N-ethyl adjacent to an activating group) is 1. The van der Waals surface area contributed by atoms with Crippen LogP contribution in [0.5, 0.6) is 5.75 Å². The molecule has 1 aliphatic heterocycles. The molecule has 3 unspecified atom stereocenters. The molecular formula is C18H28N2O. The molecule has 3 atom stereocenters. The van der Waals surface area contributed by atoms with Crippen molar-refractivity contribution in [2.75, 3.05) is 27.2 Å². The summed E-state index contributed by atoms with van der Waals surface area (Å²) in [6, 6.07) is 7.58. The molecule has 1 aromatic carbocycles. The Morgan fingerprint density at radius 1 is 1.33 bits per heavy atom. The lowest BCUT2D eigenvalue weighted by molar-refractivity contribution is 0.195. The van der Waals surface area contributed by atoms with Gasteiger partial charge in [0.15, 0.2) is 0 Å². The van der Waals surface area contributed by atoms with Crippen LogP contribution in [0.25, 0.3) is 0 Å². The van der Waals surface area contributed by atoms with Gasteiger partial charge in [-0.1, -0.05) is 19.9 Å². The number of benzene rings is 1.